The van der Waals surface area contributed by atoms with Crippen molar-refractivity contribution in [2.45, 2.75) is 94.9 Å². The van der Waals surface area contributed by atoms with Gasteiger partial charge in [-0.2, -0.15) is 0 Å². The number of nitrogens with zero attached hydrogens (tertiary/aromatic N) is 3. The third-order valence-corrected chi connectivity index (χ3v) is 10.3. The van der Waals surface area contributed by atoms with Crippen molar-refractivity contribution in [3.8, 4) is 5.75 Å². The van der Waals surface area contributed by atoms with Crippen LogP contribution >= 0.6 is 0 Å². The highest BCUT2D eigenvalue weighted by Crippen LogP contribution is 2.31. The Bertz CT molecular complexity index is 1710. The zero-order valence-corrected chi connectivity index (χ0v) is 31.3. The lowest BCUT2D eigenvalue weighted by Crippen LogP contribution is -2.56. The zero-order valence-electron chi connectivity index (χ0n) is 31.3. The summed E-state index contributed by atoms with van der Waals surface area (Å²) in [5.41, 5.74) is 9.50. The second-order valence-electron chi connectivity index (χ2n) is 14.0. The molecule has 2 saturated heterocycles. The number of rotatable bonds is 17. The van der Waals surface area contributed by atoms with E-state index < -0.39 is 61.4 Å². The summed E-state index contributed by atoms with van der Waals surface area (Å²) in [6.07, 6.45) is -12.6. The van der Waals surface area contributed by atoms with Gasteiger partial charge in [0.2, 0.25) is 0 Å². The first kappa shape index (κ1) is 41.1. The van der Waals surface area contributed by atoms with Crippen molar-refractivity contribution >= 4 is 11.0 Å². The molecule has 300 valence electrons. The molecule has 15 heteroatoms. The Morgan fingerprint density at radius 1 is 0.800 bits per heavy atom. The van der Waals surface area contributed by atoms with Gasteiger partial charge in [-0.1, -0.05) is 60.7 Å². The lowest BCUT2D eigenvalue weighted by atomic mass is 9.99. The number of hydrogen-bond donors (Lipinski definition) is 7. The van der Waals surface area contributed by atoms with Gasteiger partial charge in [0, 0.05) is 36.8 Å². The summed E-state index contributed by atoms with van der Waals surface area (Å²) in [5.74, 6) is 1.61. The zero-order chi connectivity index (χ0) is 39.1. The van der Waals surface area contributed by atoms with Crippen LogP contribution in [-0.2, 0) is 38.6 Å². The van der Waals surface area contributed by atoms with Gasteiger partial charge in [0.05, 0.1) is 45.1 Å². The molecular formula is C40H55N4O11+. The maximum atomic E-state index is 11.4. The molecule has 6 rings (SSSR count). The molecule has 4 aromatic rings. The minimum atomic E-state index is -1.55. The Morgan fingerprint density at radius 2 is 1.33 bits per heavy atom. The fourth-order valence-electron chi connectivity index (χ4n) is 7.41. The predicted molar refractivity (Wildman–Crippen MR) is 199 cm³/mol. The van der Waals surface area contributed by atoms with Gasteiger partial charge in [0.15, 0.2) is 23.6 Å². The number of nitrogens with two attached hydrogens (primary N) is 1. The van der Waals surface area contributed by atoms with E-state index in [1.54, 1.807) is 29.2 Å². The average molecular weight is 768 g/mol. The lowest BCUT2D eigenvalue weighted by molar-refractivity contribution is -0.676. The quantitative estimate of drug-likeness (QED) is 0.0733. The third kappa shape index (κ3) is 9.53. The van der Waals surface area contributed by atoms with Crippen LogP contribution in [0.4, 0.5) is 0 Å². The van der Waals surface area contributed by atoms with Gasteiger partial charge in [0.25, 0.3) is 5.82 Å². The number of ether oxygens (including phenoxy) is 5. The maximum absolute atomic E-state index is 11.4. The SMILES string of the molecule is CCn1c(CN)[n+](CC)c2ccc(OCCN(CC(O)C(O)[C@@H]3OC(c4ccccc4)OC[C@H]3O)CC(O)C(O)[C@@H]3OC(c4ccccc4)OC[C@H]3O)cc21. The molecule has 0 saturated carbocycles. The largest absolute Gasteiger partial charge is 0.492 e. The number of benzene rings is 3. The fourth-order valence-corrected chi connectivity index (χ4v) is 7.41. The Morgan fingerprint density at radius 3 is 1.80 bits per heavy atom. The van der Waals surface area contributed by atoms with E-state index >= 15 is 0 Å². The van der Waals surface area contributed by atoms with Crippen molar-refractivity contribution in [2.75, 3.05) is 39.5 Å². The van der Waals surface area contributed by atoms with Gasteiger partial charge in [-0.3, -0.25) is 4.90 Å². The molecule has 3 heterocycles. The highest BCUT2D eigenvalue weighted by Gasteiger charge is 2.42. The van der Waals surface area contributed by atoms with Crippen molar-refractivity contribution in [3.05, 3.63) is 95.8 Å². The van der Waals surface area contributed by atoms with E-state index in [-0.39, 0.29) is 39.5 Å². The number of hydrogen-bond acceptors (Lipinski definition) is 13. The van der Waals surface area contributed by atoms with Crippen molar-refractivity contribution in [2.24, 2.45) is 5.73 Å². The molecule has 8 N–H and O–H groups in total. The monoisotopic (exact) mass is 767 g/mol. The van der Waals surface area contributed by atoms with Crippen LogP contribution in [0.2, 0.25) is 0 Å². The van der Waals surface area contributed by atoms with Gasteiger partial charge < -0.3 is 60.1 Å². The number of aryl methyl sites for hydroxylation is 2. The van der Waals surface area contributed by atoms with Gasteiger partial charge in [-0.15, -0.1) is 0 Å². The van der Waals surface area contributed by atoms with Crippen LogP contribution in [0, 0.1) is 0 Å². The molecular weight excluding hydrogens is 712 g/mol. The number of aliphatic hydroxyl groups is 6. The van der Waals surface area contributed by atoms with Crippen LogP contribution in [0.3, 0.4) is 0 Å². The Labute approximate surface area is 320 Å². The summed E-state index contributed by atoms with van der Waals surface area (Å²) >= 11 is 0. The standard InChI is InChI=1S/C40H55N4O11/c1-3-43-28-16-15-27(19-29(28)44(4-2)34(43)20-41)51-18-17-42(21-30(45)35(49)37-32(47)23-52-39(54-37)25-11-7-5-8-12-25)22-31(46)36(50)38-33(48)24-53-40(55-38)26-13-9-6-10-14-26/h5-16,19,30-33,35-40,45-50H,3-4,17-18,20-24,41H2,1-2H3/q+1/t30?,31?,32-,33-,35?,36?,37-,38-,39?,40?/m1/s1. The molecule has 6 unspecified atom stereocenters. The first-order valence-corrected chi connectivity index (χ1v) is 19.0. The summed E-state index contributed by atoms with van der Waals surface area (Å²) in [4.78, 5) is 1.63. The van der Waals surface area contributed by atoms with E-state index in [1.165, 1.54) is 0 Å². The van der Waals surface area contributed by atoms with Crippen LogP contribution in [0.15, 0.2) is 78.9 Å². The topological polar surface area (TPSA) is 206 Å². The Balaban J connectivity index is 1.16. The summed E-state index contributed by atoms with van der Waals surface area (Å²) < 4.78 is 33.7. The van der Waals surface area contributed by atoms with Crippen molar-refractivity contribution in [3.63, 3.8) is 0 Å². The van der Waals surface area contributed by atoms with E-state index in [0.29, 0.717) is 23.4 Å². The molecule has 15 nitrogen and oxygen atoms in total. The second-order valence-corrected chi connectivity index (χ2v) is 14.0. The minimum absolute atomic E-state index is 0.112. The van der Waals surface area contributed by atoms with Crippen molar-refractivity contribution in [1.82, 2.24) is 9.47 Å². The molecule has 2 fully saturated rings. The highest BCUT2D eigenvalue weighted by atomic mass is 16.7. The molecule has 0 aliphatic carbocycles. The van der Waals surface area contributed by atoms with Crippen LogP contribution in [0.5, 0.6) is 5.75 Å². The lowest BCUT2D eigenvalue weighted by Gasteiger charge is -2.40. The molecule has 1 aromatic heterocycles. The maximum Gasteiger partial charge on any atom is 0.271 e. The van der Waals surface area contributed by atoms with Gasteiger partial charge in [-0.05, 0) is 26.0 Å². The normalized spacial score (nSPS) is 25.5. The van der Waals surface area contributed by atoms with Crippen LogP contribution in [0.1, 0.15) is 43.4 Å². The molecule has 0 bridgehead atoms. The van der Waals surface area contributed by atoms with Crippen LogP contribution < -0.4 is 15.0 Å². The Kier molecular flexibility index (Phi) is 14.2. The summed E-state index contributed by atoms with van der Waals surface area (Å²) in [6, 6.07) is 24.0. The molecule has 0 radical (unpaired) electrons. The minimum Gasteiger partial charge on any atom is -0.492 e. The van der Waals surface area contributed by atoms with Gasteiger partial charge in [-0.25, -0.2) is 9.13 Å². The summed E-state index contributed by atoms with van der Waals surface area (Å²) in [5, 5.41) is 66.9. The molecule has 55 heavy (non-hydrogen) atoms. The average Bonchev–Trinajstić information content (AvgIpc) is 3.53. The number of fused-ring (bicyclic) bond motifs is 1. The van der Waals surface area contributed by atoms with Crippen molar-refractivity contribution < 1.29 is 58.9 Å². The highest BCUT2D eigenvalue weighted by molar-refractivity contribution is 5.74. The second kappa shape index (κ2) is 19.1. The van der Waals surface area contributed by atoms with Gasteiger partial charge in [0.1, 0.15) is 49.0 Å². The molecule has 0 amide bonds. The third-order valence-electron chi connectivity index (χ3n) is 10.3. The van der Waals surface area contributed by atoms with Gasteiger partial charge >= 0.3 is 0 Å². The van der Waals surface area contributed by atoms with Crippen LogP contribution in [-0.4, -0.2) is 128 Å². The first-order valence-electron chi connectivity index (χ1n) is 19.0. The van der Waals surface area contributed by atoms with E-state index in [2.05, 4.69) is 23.0 Å². The van der Waals surface area contributed by atoms with Crippen molar-refractivity contribution in [1.29, 1.82) is 0 Å². The number of aliphatic hydroxyl groups excluding tert-OH is 6. The molecule has 2 aliphatic rings. The number of imidazole rings is 1. The summed E-state index contributed by atoms with van der Waals surface area (Å²) in [7, 11) is 0. The predicted octanol–water partition coefficient (Wildman–Crippen LogP) is 0.502. The van der Waals surface area contributed by atoms with E-state index in [1.807, 2.05) is 54.6 Å². The van der Waals surface area contributed by atoms with E-state index in [9.17, 15) is 30.6 Å². The number of aromatic nitrogens is 2. The molecule has 3 aromatic carbocycles. The van der Waals surface area contributed by atoms with E-state index in [0.717, 1.165) is 29.9 Å². The molecule has 10 atom stereocenters. The van der Waals surface area contributed by atoms with Crippen LogP contribution in [0.25, 0.3) is 11.0 Å². The smallest absolute Gasteiger partial charge is 0.271 e. The Hall–Kier alpha value is -3.55. The molecule has 0 spiro atoms. The fraction of sp³-hybridized carbons (Fsp3) is 0.525. The van der Waals surface area contributed by atoms with E-state index in [4.69, 9.17) is 29.4 Å². The summed E-state index contributed by atoms with van der Waals surface area (Å²) in [6.45, 7) is 5.62. The molecule has 2 aliphatic heterocycles. The first-order chi connectivity index (χ1) is 26.6.